The number of hydrogen-bond donors (Lipinski definition) is 2. The van der Waals surface area contributed by atoms with Gasteiger partial charge in [0.2, 0.25) is 0 Å². The molecule has 0 aromatic heterocycles. The molecule has 0 spiro atoms. The number of carbonyl (C=O) groups is 2. The van der Waals surface area contributed by atoms with Crippen LogP contribution in [0.4, 0.5) is 13.6 Å². The number of halogens is 2. The van der Waals surface area contributed by atoms with Crippen molar-refractivity contribution in [2.24, 2.45) is 0 Å². The largest absolute Gasteiger partial charge is 0.336 e. The van der Waals surface area contributed by atoms with Crippen molar-refractivity contribution in [3.8, 4) is 0 Å². The topological polar surface area (TPSA) is 66.0 Å². The normalized spacial score (nSPS) is 16.1. The van der Waals surface area contributed by atoms with Crippen molar-refractivity contribution >= 4 is 11.9 Å². The number of nitrogens with zero attached hydrogens (tertiary/aromatic N) is 1. The van der Waals surface area contributed by atoms with E-state index in [1.54, 1.807) is 12.2 Å². The molecule has 3 amide bonds. The lowest BCUT2D eigenvalue weighted by molar-refractivity contribution is -0.683. The molecule has 2 rings (SSSR count). The minimum atomic E-state index is -0.909. The second-order valence-electron chi connectivity index (χ2n) is 4.68. The maximum absolute atomic E-state index is 13.1. The molecule has 0 bridgehead atoms. The summed E-state index contributed by atoms with van der Waals surface area (Å²) in [5, 5.41) is 4.23. The number of amides is 3. The van der Waals surface area contributed by atoms with Crippen molar-refractivity contribution in [3.05, 3.63) is 35.4 Å². The smallest absolute Gasteiger partial charge is 0.324 e. The van der Waals surface area contributed by atoms with Gasteiger partial charge in [-0.15, -0.1) is 0 Å². The summed E-state index contributed by atoms with van der Waals surface area (Å²) in [5.41, 5.74) is 0.586. The summed E-state index contributed by atoms with van der Waals surface area (Å²) in [6.07, 6.45) is 0. The number of urea groups is 1. The summed E-state index contributed by atoms with van der Waals surface area (Å²) in [6, 6.07) is 3.06. The minimum Gasteiger partial charge on any atom is -0.336 e. The molecular weight excluding hydrogens is 268 g/mol. The third-order valence-corrected chi connectivity index (χ3v) is 3.27. The van der Waals surface area contributed by atoms with Crippen molar-refractivity contribution < 1.29 is 23.7 Å². The van der Waals surface area contributed by atoms with E-state index in [9.17, 15) is 18.4 Å². The van der Waals surface area contributed by atoms with E-state index in [2.05, 4.69) is 5.32 Å². The molecular formula is C13H16F2N3O2+. The fourth-order valence-electron chi connectivity index (χ4n) is 2.03. The first-order valence-corrected chi connectivity index (χ1v) is 6.35. The van der Waals surface area contributed by atoms with E-state index in [1.807, 2.05) is 0 Å². The fourth-order valence-corrected chi connectivity index (χ4v) is 2.03. The Morgan fingerprint density at radius 2 is 2.20 bits per heavy atom. The average Bonchev–Trinajstić information content (AvgIpc) is 2.85. The summed E-state index contributed by atoms with van der Waals surface area (Å²) in [6.45, 7) is 2.69. The molecule has 5 nitrogen and oxygen atoms in total. The standard InChI is InChI=1S/C13H15F2N3O2/c1-8(9-2-3-10(14)11(15)6-9)17-7-12(19)18-5-4-16-13(18)20/h2-3,6,8,17H,4-5,7H2,1H3,(H,16,20)/p+1/t8-/m1/s1. The molecule has 7 heteroatoms. The number of hydrogen-bond acceptors (Lipinski definition) is 2. The number of rotatable bonds is 4. The minimum absolute atomic E-state index is 0.0770. The molecule has 1 fully saturated rings. The van der Waals surface area contributed by atoms with Gasteiger partial charge in [0.1, 0.15) is 6.04 Å². The van der Waals surface area contributed by atoms with Gasteiger partial charge in [-0.05, 0) is 25.1 Å². The van der Waals surface area contributed by atoms with E-state index in [0.29, 0.717) is 18.7 Å². The van der Waals surface area contributed by atoms with Gasteiger partial charge < -0.3 is 10.6 Å². The Morgan fingerprint density at radius 1 is 1.45 bits per heavy atom. The summed E-state index contributed by atoms with van der Waals surface area (Å²) in [4.78, 5) is 24.3. The van der Waals surface area contributed by atoms with Crippen LogP contribution in [0.3, 0.4) is 0 Å². The number of nitrogens with two attached hydrogens (primary N) is 1. The molecule has 0 unspecified atom stereocenters. The SMILES string of the molecule is C[C@@H]([NH2+]CC(=O)N1CCNC1=O)c1ccc(F)c(F)c1. The molecule has 0 saturated carbocycles. The number of imide groups is 1. The van der Waals surface area contributed by atoms with Crippen LogP contribution in [0.5, 0.6) is 0 Å². The van der Waals surface area contributed by atoms with Crippen LogP contribution in [0.25, 0.3) is 0 Å². The summed E-state index contributed by atoms with van der Waals surface area (Å²) in [7, 11) is 0. The third-order valence-electron chi connectivity index (χ3n) is 3.27. The first kappa shape index (κ1) is 14.4. The van der Waals surface area contributed by atoms with Gasteiger partial charge in [0.05, 0.1) is 0 Å². The zero-order valence-corrected chi connectivity index (χ0v) is 11.0. The quantitative estimate of drug-likeness (QED) is 0.826. The number of quaternary nitrogens is 1. The van der Waals surface area contributed by atoms with Gasteiger partial charge in [-0.3, -0.25) is 9.69 Å². The van der Waals surface area contributed by atoms with Crippen molar-refractivity contribution in [1.29, 1.82) is 0 Å². The van der Waals surface area contributed by atoms with Crippen molar-refractivity contribution in [1.82, 2.24) is 10.2 Å². The van der Waals surface area contributed by atoms with E-state index < -0.39 is 11.6 Å². The molecule has 20 heavy (non-hydrogen) atoms. The van der Waals surface area contributed by atoms with Crippen LogP contribution in [0, 0.1) is 11.6 Å². The maximum atomic E-state index is 13.1. The lowest BCUT2D eigenvalue weighted by Crippen LogP contribution is -2.87. The monoisotopic (exact) mass is 284 g/mol. The summed E-state index contributed by atoms with van der Waals surface area (Å²) < 4.78 is 26.0. The fraction of sp³-hybridized carbons (Fsp3) is 0.385. The van der Waals surface area contributed by atoms with Crippen LogP contribution >= 0.6 is 0 Å². The highest BCUT2D eigenvalue weighted by atomic mass is 19.2. The van der Waals surface area contributed by atoms with Gasteiger partial charge in [-0.1, -0.05) is 0 Å². The molecule has 108 valence electrons. The Balaban J connectivity index is 1.91. The maximum Gasteiger partial charge on any atom is 0.324 e. The van der Waals surface area contributed by atoms with E-state index >= 15 is 0 Å². The van der Waals surface area contributed by atoms with Gasteiger partial charge >= 0.3 is 6.03 Å². The second kappa shape index (κ2) is 5.96. The third kappa shape index (κ3) is 3.11. The van der Waals surface area contributed by atoms with Crippen LogP contribution in [0.2, 0.25) is 0 Å². The lowest BCUT2D eigenvalue weighted by atomic mass is 10.1. The highest BCUT2D eigenvalue weighted by molar-refractivity contribution is 5.96. The van der Waals surface area contributed by atoms with Crippen molar-refractivity contribution in [3.63, 3.8) is 0 Å². The molecule has 1 heterocycles. The molecule has 1 saturated heterocycles. The Morgan fingerprint density at radius 3 is 2.80 bits per heavy atom. The van der Waals surface area contributed by atoms with E-state index in [1.165, 1.54) is 6.07 Å². The van der Waals surface area contributed by atoms with Gasteiger partial charge in [0.25, 0.3) is 5.91 Å². The summed E-state index contributed by atoms with van der Waals surface area (Å²) in [5.74, 6) is -2.10. The van der Waals surface area contributed by atoms with Gasteiger partial charge in [0.15, 0.2) is 18.2 Å². The molecule has 0 radical (unpaired) electrons. The van der Waals surface area contributed by atoms with E-state index in [4.69, 9.17) is 0 Å². The predicted molar refractivity (Wildman–Crippen MR) is 66.7 cm³/mol. The highest BCUT2D eigenvalue weighted by Gasteiger charge is 2.27. The van der Waals surface area contributed by atoms with Crippen molar-refractivity contribution in [2.45, 2.75) is 13.0 Å². The Labute approximate surface area is 114 Å². The van der Waals surface area contributed by atoms with Crippen LogP contribution in [0.15, 0.2) is 18.2 Å². The Kier molecular flexibility index (Phi) is 4.29. The van der Waals surface area contributed by atoms with Gasteiger partial charge in [-0.25, -0.2) is 13.6 Å². The predicted octanol–water partition coefficient (Wildman–Crippen LogP) is 0.141. The molecule has 1 aromatic carbocycles. The molecule has 1 atom stereocenters. The van der Waals surface area contributed by atoms with Gasteiger partial charge in [0, 0.05) is 18.7 Å². The second-order valence-corrected chi connectivity index (χ2v) is 4.68. The lowest BCUT2D eigenvalue weighted by Gasteiger charge is -2.14. The first-order chi connectivity index (χ1) is 9.49. The molecule has 0 aliphatic carbocycles. The average molecular weight is 284 g/mol. The number of nitrogens with one attached hydrogen (secondary N) is 1. The zero-order chi connectivity index (χ0) is 14.7. The van der Waals surface area contributed by atoms with Crippen LogP contribution in [-0.2, 0) is 4.79 Å². The zero-order valence-electron chi connectivity index (χ0n) is 11.0. The van der Waals surface area contributed by atoms with Crippen LogP contribution < -0.4 is 10.6 Å². The highest BCUT2D eigenvalue weighted by Crippen LogP contribution is 2.13. The molecule has 1 aliphatic heterocycles. The molecule has 3 N–H and O–H groups in total. The first-order valence-electron chi connectivity index (χ1n) is 6.35. The van der Waals surface area contributed by atoms with E-state index in [0.717, 1.165) is 17.0 Å². The van der Waals surface area contributed by atoms with Crippen molar-refractivity contribution in [2.75, 3.05) is 19.6 Å². The van der Waals surface area contributed by atoms with Gasteiger partial charge in [-0.2, -0.15) is 0 Å². The number of carbonyl (C=O) groups excluding carboxylic acids is 2. The Bertz CT molecular complexity index is 536. The molecule has 1 aromatic rings. The van der Waals surface area contributed by atoms with Crippen LogP contribution in [0.1, 0.15) is 18.5 Å². The van der Waals surface area contributed by atoms with E-state index in [-0.39, 0.29) is 24.5 Å². The Hall–Kier alpha value is -2.02. The molecule has 1 aliphatic rings. The van der Waals surface area contributed by atoms with Crippen LogP contribution in [-0.4, -0.2) is 36.5 Å². The number of benzene rings is 1. The summed E-state index contributed by atoms with van der Waals surface area (Å²) >= 11 is 0.